The molecule has 1 N–H and O–H groups in total. The number of benzene rings is 1. The van der Waals surface area contributed by atoms with Crippen LogP contribution in [0.2, 0.25) is 0 Å². The van der Waals surface area contributed by atoms with Crippen LogP contribution in [-0.2, 0) is 6.54 Å². The van der Waals surface area contributed by atoms with Crippen molar-refractivity contribution in [2.24, 2.45) is 5.92 Å². The van der Waals surface area contributed by atoms with Gasteiger partial charge in [0.2, 0.25) is 0 Å². The predicted molar refractivity (Wildman–Crippen MR) is 81.3 cm³/mol. The molecule has 1 nitrogen and oxygen atoms in total. The van der Waals surface area contributed by atoms with E-state index in [1.165, 1.54) is 50.5 Å². The minimum atomic E-state index is 0.727. The highest BCUT2D eigenvalue weighted by molar-refractivity contribution is 5.28. The maximum absolute atomic E-state index is 3.79. The van der Waals surface area contributed by atoms with Crippen LogP contribution in [0.3, 0.4) is 0 Å². The topological polar surface area (TPSA) is 12.0 Å². The second-order valence-corrected chi connectivity index (χ2v) is 6.62. The minimum absolute atomic E-state index is 0.727. The lowest BCUT2D eigenvalue weighted by Gasteiger charge is -2.23. The SMILES string of the molecule is CC1CCCCCC1NCc1ccc(C2CC2)cc1. The van der Waals surface area contributed by atoms with E-state index in [4.69, 9.17) is 0 Å². The van der Waals surface area contributed by atoms with Gasteiger partial charge in [0.25, 0.3) is 0 Å². The first-order valence-corrected chi connectivity index (χ1v) is 8.15. The first-order chi connectivity index (χ1) is 9.33. The summed E-state index contributed by atoms with van der Waals surface area (Å²) >= 11 is 0. The summed E-state index contributed by atoms with van der Waals surface area (Å²) in [5.41, 5.74) is 2.99. The van der Waals surface area contributed by atoms with Crippen LogP contribution in [0.25, 0.3) is 0 Å². The molecule has 19 heavy (non-hydrogen) atoms. The van der Waals surface area contributed by atoms with Crippen molar-refractivity contribution in [3.05, 3.63) is 35.4 Å². The molecule has 3 rings (SSSR count). The Bertz CT molecular complexity index is 391. The third-order valence-corrected chi connectivity index (χ3v) is 4.96. The second kappa shape index (κ2) is 6.09. The Kier molecular flexibility index (Phi) is 4.22. The van der Waals surface area contributed by atoms with Gasteiger partial charge in [-0.25, -0.2) is 0 Å². The lowest BCUT2D eigenvalue weighted by Crippen LogP contribution is -2.33. The minimum Gasteiger partial charge on any atom is -0.310 e. The van der Waals surface area contributed by atoms with Crippen molar-refractivity contribution in [1.82, 2.24) is 5.32 Å². The van der Waals surface area contributed by atoms with Crippen LogP contribution in [-0.4, -0.2) is 6.04 Å². The molecule has 0 amide bonds. The lowest BCUT2D eigenvalue weighted by atomic mass is 9.96. The van der Waals surface area contributed by atoms with Gasteiger partial charge < -0.3 is 5.32 Å². The molecular weight excluding hydrogens is 230 g/mol. The fourth-order valence-electron chi connectivity index (χ4n) is 3.37. The summed E-state index contributed by atoms with van der Waals surface area (Å²) in [5.74, 6) is 1.72. The fraction of sp³-hybridized carbons (Fsp3) is 0.667. The van der Waals surface area contributed by atoms with E-state index in [0.717, 1.165) is 24.4 Å². The van der Waals surface area contributed by atoms with E-state index in [1.54, 1.807) is 5.56 Å². The Morgan fingerprint density at radius 3 is 2.42 bits per heavy atom. The van der Waals surface area contributed by atoms with Gasteiger partial charge in [-0.15, -0.1) is 0 Å². The van der Waals surface area contributed by atoms with Crippen molar-refractivity contribution < 1.29 is 0 Å². The van der Waals surface area contributed by atoms with E-state index in [-0.39, 0.29) is 0 Å². The summed E-state index contributed by atoms with van der Waals surface area (Å²) < 4.78 is 0. The van der Waals surface area contributed by atoms with Gasteiger partial charge in [0, 0.05) is 12.6 Å². The Morgan fingerprint density at radius 1 is 0.947 bits per heavy atom. The molecule has 0 aromatic heterocycles. The molecule has 2 fully saturated rings. The molecule has 0 bridgehead atoms. The van der Waals surface area contributed by atoms with Gasteiger partial charge in [0.05, 0.1) is 0 Å². The van der Waals surface area contributed by atoms with Gasteiger partial charge in [-0.05, 0) is 48.6 Å². The Hall–Kier alpha value is -0.820. The van der Waals surface area contributed by atoms with Crippen LogP contribution >= 0.6 is 0 Å². The highest BCUT2D eigenvalue weighted by Gasteiger charge is 2.23. The van der Waals surface area contributed by atoms with E-state index in [9.17, 15) is 0 Å². The predicted octanol–water partition coefficient (Wildman–Crippen LogP) is 4.62. The zero-order valence-electron chi connectivity index (χ0n) is 12.2. The number of rotatable bonds is 4. The van der Waals surface area contributed by atoms with Crippen LogP contribution in [0.4, 0.5) is 0 Å². The van der Waals surface area contributed by atoms with E-state index < -0.39 is 0 Å². The van der Waals surface area contributed by atoms with E-state index in [2.05, 4.69) is 36.5 Å². The molecular formula is C18H27N. The van der Waals surface area contributed by atoms with Gasteiger partial charge in [0.15, 0.2) is 0 Å². The van der Waals surface area contributed by atoms with Crippen molar-refractivity contribution in [3.8, 4) is 0 Å². The fourth-order valence-corrected chi connectivity index (χ4v) is 3.37. The van der Waals surface area contributed by atoms with E-state index in [1.807, 2.05) is 0 Å². The summed E-state index contributed by atoms with van der Waals surface area (Å²) in [5, 5.41) is 3.79. The van der Waals surface area contributed by atoms with Crippen LogP contribution in [0, 0.1) is 5.92 Å². The van der Waals surface area contributed by atoms with Crippen LogP contribution < -0.4 is 5.32 Å². The van der Waals surface area contributed by atoms with Gasteiger partial charge in [-0.2, -0.15) is 0 Å². The molecule has 1 heteroatoms. The molecule has 0 heterocycles. The summed E-state index contributed by atoms with van der Waals surface area (Å²) in [6.45, 7) is 3.46. The summed E-state index contributed by atoms with van der Waals surface area (Å²) in [6.07, 6.45) is 9.82. The Morgan fingerprint density at radius 2 is 1.68 bits per heavy atom. The molecule has 2 unspecified atom stereocenters. The highest BCUT2D eigenvalue weighted by atomic mass is 14.9. The Labute approximate surface area is 117 Å². The summed E-state index contributed by atoms with van der Waals surface area (Å²) in [6, 6.07) is 10.0. The average molecular weight is 257 g/mol. The third kappa shape index (κ3) is 3.60. The van der Waals surface area contributed by atoms with Crippen molar-refractivity contribution in [1.29, 1.82) is 0 Å². The molecule has 0 radical (unpaired) electrons. The quantitative estimate of drug-likeness (QED) is 0.776. The molecule has 2 atom stereocenters. The summed E-state index contributed by atoms with van der Waals surface area (Å²) in [4.78, 5) is 0. The Balaban J connectivity index is 1.52. The maximum atomic E-state index is 3.79. The highest BCUT2D eigenvalue weighted by Crippen LogP contribution is 2.39. The van der Waals surface area contributed by atoms with Crippen molar-refractivity contribution >= 4 is 0 Å². The first kappa shape index (κ1) is 13.2. The van der Waals surface area contributed by atoms with Crippen LogP contribution in [0.5, 0.6) is 0 Å². The molecule has 2 aliphatic carbocycles. The molecule has 0 aliphatic heterocycles. The normalized spacial score (nSPS) is 28.1. The maximum Gasteiger partial charge on any atom is 0.0208 e. The van der Waals surface area contributed by atoms with Gasteiger partial charge in [-0.3, -0.25) is 0 Å². The standard InChI is InChI=1S/C18H27N/c1-14-5-3-2-4-6-18(14)19-13-15-7-9-16(10-8-15)17-11-12-17/h7-10,14,17-19H,2-6,11-13H2,1H3. The first-order valence-electron chi connectivity index (χ1n) is 8.15. The number of hydrogen-bond donors (Lipinski definition) is 1. The molecule has 2 saturated carbocycles. The third-order valence-electron chi connectivity index (χ3n) is 4.96. The van der Waals surface area contributed by atoms with Crippen molar-refractivity contribution in [3.63, 3.8) is 0 Å². The number of nitrogens with one attached hydrogen (secondary N) is 1. The van der Waals surface area contributed by atoms with E-state index in [0.29, 0.717) is 0 Å². The molecule has 2 aliphatic rings. The van der Waals surface area contributed by atoms with Crippen molar-refractivity contribution in [2.45, 2.75) is 70.4 Å². The van der Waals surface area contributed by atoms with Gasteiger partial charge >= 0.3 is 0 Å². The zero-order chi connectivity index (χ0) is 13.1. The van der Waals surface area contributed by atoms with Gasteiger partial charge in [0.1, 0.15) is 0 Å². The molecule has 1 aromatic rings. The van der Waals surface area contributed by atoms with E-state index >= 15 is 0 Å². The average Bonchev–Trinajstić information content (AvgIpc) is 3.26. The largest absolute Gasteiger partial charge is 0.310 e. The smallest absolute Gasteiger partial charge is 0.0208 e. The monoisotopic (exact) mass is 257 g/mol. The zero-order valence-corrected chi connectivity index (χ0v) is 12.2. The number of hydrogen-bond acceptors (Lipinski definition) is 1. The molecule has 0 spiro atoms. The molecule has 1 aromatic carbocycles. The van der Waals surface area contributed by atoms with Crippen LogP contribution in [0.1, 0.15) is 68.9 Å². The summed E-state index contributed by atoms with van der Waals surface area (Å²) in [7, 11) is 0. The van der Waals surface area contributed by atoms with Crippen LogP contribution in [0.15, 0.2) is 24.3 Å². The molecule has 104 valence electrons. The second-order valence-electron chi connectivity index (χ2n) is 6.62. The lowest BCUT2D eigenvalue weighted by molar-refractivity contribution is 0.356. The van der Waals surface area contributed by atoms with Gasteiger partial charge in [-0.1, -0.05) is 50.5 Å². The molecule has 0 saturated heterocycles. The van der Waals surface area contributed by atoms with Crippen molar-refractivity contribution in [2.75, 3.05) is 0 Å².